The fourth-order valence-corrected chi connectivity index (χ4v) is 2.15. The monoisotopic (exact) mass is 253 g/mol. The van der Waals surface area contributed by atoms with Gasteiger partial charge in [-0.25, -0.2) is 0 Å². The Morgan fingerprint density at radius 3 is 2.83 bits per heavy atom. The molecule has 1 heterocycles. The number of hydrogen-bond acceptors (Lipinski definition) is 4. The lowest BCUT2D eigenvalue weighted by atomic mass is 9.92. The number of H-pyrrole nitrogens is 1. The normalized spacial score (nSPS) is 23.6. The molecule has 1 saturated carbocycles. The van der Waals surface area contributed by atoms with Crippen LogP contribution >= 0.6 is 0 Å². The van der Waals surface area contributed by atoms with E-state index in [1.54, 1.807) is 0 Å². The average Bonchev–Trinajstić information content (AvgIpc) is 2.81. The van der Waals surface area contributed by atoms with E-state index in [1.165, 1.54) is 12.3 Å². The second kappa shape index (κ2) is 5.18. The van der Waals surface area contributed by atoms with Crippen LogP contribution < -0.4 is 5.32 Å². The lowest BCUT2D eigenvalue weighted by Crippen LogP contribution is -2.45. The van der Waals surface area contributed by atoms with Gasteiger partial charge in [-0.05, 0) is 12.8 Å². The minimum Gasteiger partial charge on any atom is -0.391 e. The summed E-state index contributed by atoms with van der Waals surface area (Å²) in [5.41, 5.74) is -0.0104. The summed E-state index contributed by atoms with van der Waals surface area (Å²) in [5, 5.41) is 22.9. The van der Waals surface area contributed by atoms with Crippen LogP contribution in [-0.4, -0.2) is 33.1 Å². The van der Waals surface area contributed by atoms with E-state index in [-0.39, 0.29) is 17.4 Å². The third-order valence-electron chi connectivity index (χ3n) is 3.17. The Bertz CT molecular complexity index is 457. The second-order valence-corrected chi connectivity index (χ2v) is 4.46. The molecule has 0 saturated heterocycles. The van der Waals surface area contributed by atoms with Crippen LogP contribution in [0.15, 0.2) is 12.3 Å². The SMILES string of the molecule is O=C(N[C@@H]1CCCC[C@H]1O)c1cc([N+](=O)[O-])c[nH]1. The maximum absolute atomic E-state index is 11.8. The van der Waals surface area contributed by atoms with Crippen LogP contribution in [0.25, 0.3) is 0 Å². The lowest BCUT2D eigenvalue weighted by Gasteiger charge is -2.28. The third kappa shape index (κ3) is 2.67. The number of aliphatic hydroxyl groups is 1. The highest BCUT2D eigenvalue weighted by molar-refractivity contribution is 5.93. The molecule has 7 nitrogen and oxygen atoms in total. The van der Waals surface area contributed by atoms with Crippen LogP contribution in [0.1, 0.15) is 36.2 Å². The molecule has 1 fully saturated rings. The van der Waals surface area contributed by atoms with E-state index in [0.717, 1.165) is 19.3 Å². The largest absolute Gasteiger partial charge is 0.391 e. The molecule has 98 valence electrons. The predicted octanol–water partition coefficient (Wildman–Crippen LogP) is 0.956. The fraction of sp³-hybridized carbons (Fsp3) is 0.545. The fourth-order valence-electron chi connectivity index (χ4n) is 2.15. The van der Waals surface area contributed by atoms with Gasteiger partial charge in [-0.2, -0.15) is 0 Å². The maximum atomic E-state index is 11.8. The number of aromatic amines is 1. The van der Waals surface area contributed by atoms with Crippen molar-refractivity contribution in [1.29, 1.82) is 0 Å². The van der Waals surface area contributed by atoms with Crippen molar-refractivity contribution in [2.75, 3.05) is 0 Å². The van der Waals surface area contributed by atoms with Gasteiger partial charge in [-0.3, -0.25) is 14.9 Å². The first kappa shape index (κ1) is 12.6. The van der Waals surface area contributed by atoms with Gasteiger partial charge in [0.2, 0.25) is 0 Å². The van der Waals surface area contributed by atoms with Crippen LogP contribution in [0.5, 0.6) is 0 Å². The number of nitrogens with one attached hydrogen (secondary N) is 2. The van der Waals surface area contributed by atoms with Crippen LogP contribution in [0.4, 0.5) is 5.69 Å². The Morgan fingerprint density at radius 2 is 2.22 bits per heavy atom. The van der Waals surface area contributed by atoms with Crippen molar-refractivity contribution in [2.45, 2.75) is 37.8 Å². The number of rotatable bonds is 3. The van der Waals surface area contributed by atoms with Gasteiger partial charge in [0.1, 0.15) is 5.69 Å². The van der Waals surface area contributed by atoms with Crippen molar-refractivity contribution < 1.29 is 14.8 Å². The Balaban J connectivity index is 2.00. The number of carbonyl (C=O) groups is 1. The molecule has 1 aliphatic carbocycles. The van der Waals surface area contributed by atoms with Crippen molar-refractivity contribution in [3.63, 3.8) is 0 Å². The van der Waals surface area contributed by atoms with E-state index < -0.39 is 16.9 Å². The first-order chi connectivity index (χ1) is 8.58. The highest BCUT2D eigenvalue weighted by Gasteiger charge is 2.25. The molecule has 7 heteroatoms. The molecule has 3 N–H and O–H groups in total. The molecule has 1 aromatic heterocycles. The zero-order chi connectivity index (χ0) is 13.1. The molecular weight excluding hydrogens is 238 g/mol. The molecule has 0 aromatic carbocycles. The molecule has 2 rings (SSSR count). The van der Waals surface area contributed by atoms with E-state index in [4.69, 9.17) is 0 Å². The number of aromatic nitrogens is 1. The molecule has 1 aromatic rings. The van der Waals surface area contributed by atoms with Crippen molar-refractivity contribution in [3.05, 3.63) is 28.1 Å². The zero-order valence-corrected chi connectivity index (χ0v) is 9.76. The van der Waals surface area contributed by atoms with Gasteiger partial charge in [0, 0.05) is 6.07 Å². The van der Waals surface area contributed by atoms with Crippen LogP contribution in [0.3, 0.4) is 0 Å². The van der Waals surface area contributed by atoms with E-state index in [9.17, 15) is 20.0 Å². The molecule has 0 aliphatic heterocycles. The molecule has 18 heavy (non-hydrogen) atoms. The molecule has 0 unspecified atom stereocenters. The Kier molecular flexibility index (Phi) is 3.61. The van der Waals surface area contributed by atoms with Crippen molar-refractivity contribution in [3.8, 4) is 0 Å². The number of carbonyl (C=O) groups excluding carboxylic acids is 1. The Labute approximate surface area is 103 Å². The standard InChI is InChI=1S/C11H15N3O4/c15-10-4-2-1-3-8(10)13-11(16)9-5-7(6-12-9)14(17)18/h5-6,8,10,12,15H,1-4H2,(H,13,16)/t8-,10-/m1/s1. The van der Waals surface area contributed by atoms with Gasteiger partial charge in [0.05, 0.1) is 23.3 Å². The molecule has 1 amide bonds. The van der Waals surface area contributed by atoms with Gasteiger partial charge in [-0.15, -0.1) is 0 Å². The van der Waals surface area contributed by atoms with Crippen LogP contribution in [0.2, 0.25) is 0 Å². The summed E-state index contributed by atoms with van der Waals surface area (Å²) < 4.78 is 0. The molecule has 0 spiro atoms. The maximum Gasteiger partial charge on any atom is 0.287 e. The minimum atomic E-state index is -0.567. The molecule has 0 bridgehead atoms. The average molecular weight is 253 g/mol. The lowest BCUT2D eigenvalue weighted by molar-refractivity contribution is -0.384. The van der Waals surface area contributed by atoms with Gasteiger partial charge in [0.25, 0.3) is 11.6 Å². The molecule has 1 aliphatic rings. The van der Waals surface area contributed by atoms with Crippen molar-refractivity contribution in [2.24, 2.45) is 0 Å². The van der Waals surface area contributed by atoms with Crippen LogP contribution in [-0.2, 0) is 0 Å². The van der Waals surface area contributed by atoms with Gasteiger partial charge in [-0.1, -0.05) is 12.8 Å². The van der Waals surface area contributed by atoms with Gasteiger partial charge >= 0.3 is 0 Å². The number of amides is 1. The first-order valence-corrected chi connectivity index (χ1v) is 5.89. The number of hydrogen-bond donors (Lipinski definition) is 3. The number of nitro groups is 1. The first-order valence-electron chi connectivity index (χ1n) is 5.89. The summed E-state index contributed by atoms with van der Waals surface area (Å²) in [4.78, 5) is 24.3. The number of aliphatic hydroxyl groups excluding tert-OH is 1. The quantitative estimate of drug-likeness (QED) is 0.550. The Morgan fingerprint density at radius 1 is 1.50 bits per heavy atom. The van der Waals surface area contributed by atoms with E-state index in [0.29, 0.717) is 6.42 Å². The summed E-state index contributed by atoms with van der Waals surface area (Å²) in [6, 6.07) is 0.915. The zero-order valence-electron chi connectivity index (χ0n) is 9.76. The highest BCUT2D eigenvalue weighted by Crippen LogP contribution is 2.19. The van der Waals surface area contributed by atoms with E-state index in [2.05, 4.69) is 10.3 Å². The summed E-state index contributed by atoms with van der Waals surface area (Å²) in [6.07, 6.45) is 3.97. The predicted molar refractivity (Wildman–Crippen MR) is 63.2 cm³/mol. The highest BCUT2D eigenvalue weighted by atomic mass is 16.6. The smallest absolute Gasteiger partial charge is 0.287 e. The summed E-state index contributed by atoms with van der Waals surface area (Å²) in [5.74, 6) is -0.422. The molecule has 2 atom stereocenters. The molecule has 0 radical (unpaired) electrons. The van der Waals surface area contributed by atoms with E-state index >= 15 is 0 Å². The minimum absolute atomic E-state index is 0.138. The summed E-state index contributed by atoms with van der Waals surface area (Å²) in [6.45, 7) is 0. The number of nitrogens with zero attached hydrogens (tertiary/aromatic N) is 1. The van der Waals surface area contributed by atoms with Crippen molar-refractivity contribution >= 4 is 11.6 Å². The Hall–Kier alpha value is -1.89. The summed E-state index contributed by atoms with van der Waals surface area (Å²) >= 11 is 0. The van der Waals surface area contributed by atoms with Crippen molar-refractivity contribution in [1.82, 2.24) is 10.3 Å². The van der Waals surface area contributed by atoms with Gasteiger partial charge in [0.15, 0.2) is 0 Å². The molecular formula is C11H15N3O4. The second-order valence-electron chi connectivity index (χ2n) is 4.46. The van der Waals surface area contributed by atoms with Crippen LogP contribution in [0, 0.1) is 10.1 Å². The topological polar surface area (TPSA) is 108 Å². The third-order valence-corrected chi connectivity index (χ3v) is 3.17. The summed E-state index contributed by atoms with van der Waals surface area (Å²) in [7, 11) is 0. The van der Waals surface area contributed by atoms with Gasteiger partial charge < -0.3 is 15.4 Å². The van der Waals surface area contributed by atoms with E-state index in [1.807, 2.05) is 0 Å².